The van der Waals surface area contributed by atoms with Crippen molar-refractivity contribution in [1.82, 2.24) is 0 Å². The molecule has 4 heteroatoms. The predicted molar refractivity (Wildman–Crippen MR) is 103 cm³/mol. The second kappa shape index (κ2) is 8.31. The third-order valence-corrected chi connectivity index (χ3v) is 3.99. The van der Waals surface area contributed by atoms with Gasteiger partial charge < -0.3 is 4.74 Å². The number of hydrogen-bond acceptors (Lipinski definition) is 3. The molecule has 0 aromatic heterocycles. The summed E-state index contributed by atoms with van der Waals surface area (Å²) in [5.74, 6) is 0.812. The van der Waals surface area contributed by atoms with Crippen LogP contribution < -0.4 is 10.2 Å². The Kier molecular flexibility index (Phi) is 5.64. The largest absolute Gasteiger partial charge is 0.488 e. The van der Waals surface area contributed by atoms with Crippen LogP contribution in [0, 0.1) is 0 Å². The first-order valence-electron chi connectivity index (χ1n) is 7.62. The summed E-state index contributed by atoms with van der Waals surface area (Å²) in [6.45, 7) is 0.544. The summed E-state index contributed by atoms with van der Waals surface area (Å²) in [7, 11) is 0. The quantitative estimate of drug-likeness (QED) is 0.454. The first-order chi connectivity index (χ1) is 11.8. The highest BCUT2D eigenvalue weighted by Gasteiger charge is 2.02. The molecule has 0 bridgehead atoms. The number of hydrogen-bond donors (Lipinski definition) is 1. The molecule has 0 spiro atoms. The van der Waals surface area contributed by atoms with E-state index in [2.05, 4.69) is 26.5 Å². The fraction of sp³-hybridized carbons (Fsp3) is 0.0500. The number of benzene rings is 3. The normalized spacial score (nSPS) is 10.7. The minimum Gasteiger partial charge on any atom is -0.488 e. The van der Waals surface area contributed by atoms with Gasteiger partial charge in [0.05, 0.1) is 16.4 Å². The van der Waals surface area contributed by atoms with Crippen molar-refractivity contribution in [3.63, 3.8) is 0 Å². The van der Waals surface area contributed by atoms with Crippen LogP contribution in [0.25, 0.3) is 0 Å². The number of para-hydroxylation sites is 1. The second-order valence-corrected chi connectivity index (χ2v) is 6.05. The maximum atomic E-state index is 5.84. The van der Waals surface area contributed by atoms with Crippen molar-refractivity contribution in [3.05, 3.63) is 94.5 Å². The molecule has 0 fully saturated rings. The minimum atomic E-state index is 0.544. The van der Waals surface area contributed by atoms with Gasteiger partial charge >= 0.3 is 0 Å². The maximum Gasteiger partial charge on any atom is 0.134 e. The monoisotopic (exact) mass is 380 g/mol. The Morgan fingerprint density at radius 3 is 2.33 bits per heavy atom. The molecule has 0 saturated heterocycles. The van der Waals surface area contributed by atoms with Crippen LogP contribution in [0.4, 0.5) is 5.69 Å². The van der Waals surface area contributed by atoms with Gasteiger partial charge in [-0.15, -0.1) is 0 Å². The molecule has 24 heavy (non-hydrogen) atoms. The molecular weight excluding hydrogens is 364 g/mol. The first-order valence-corrected chi connectivity index (χ1v) is 8.41. The maximum absolute atomic E-state index is 5.84. The lowest BCUT2D eigenvalue weighted by Gasteiger charge is -2.08. The molecule has 1 N–H and O–H groups in total. The van der Waals surface area contributed by atoms with E-state index in [1.54, 1.807) is 6.21 Å². The Morgan fingerprint density at radius 1 is 0.917 bits per heavy atom. The zero-order chi connectivity index (χ0) is 16.6. The highest BCUT2D eigenvalue weighted by Crippen LogP contribution is 2.26. The van der Waals surface area contributed by atoms with Crippen molar-refractivity contribution in [2.24, 2.45) is 5.10 Å². The smallest absolute Gasteiger partial charge is 0.134 e. The van der Waals surface area contributed by atoms with E-state index in [1.807, 2.05) is 78.9 Å². The van der Waals surface area contributed by atoms with Crippen LogP contribution in [0.5, 0.6) is 5.75 Å². The fourth-order valence-electron chi connectivity index (χ4n) is 2.14. The van der Waals surface area contributed by atoms with Crippen LogP contribution in [-0.4, -0.2) is 6.21 Å². The van der Waals surface area contributed by atoms with E-state index in [9.17, 15) is 0 Å². The summed E-state index contributed by atoms with van der Waals surface area (Å²) >= 11 is 3.55. The molecule has 0 saturated carbocycles. The number of nitrogens with zero attached hydrogens (tertiary/aromatic N) is 1. The number of halogens is 1. The molecule has 120 valence electrons. The summed E-state index contributed by atoms with van der Waals surface area (Å²) in [5.41, 5.74) is 6.08. The number of rotatable bonds is 6. The Balaban J connectivity index is 1.60. The number of hydrazone groups is 1. The third kappa shape index (κ3) is 4.70. The van der Waals surface area contributed by atoms with Crippen molar-refractivity contribution in [2.45, 2.75) is 6.61 Å². The van der Waals surface area contributed by atoms with Crippen LogP contribution in [0.3, 0.4) is 0 Å². The molecule has 0 atom stereocenters. The lowest BCUT2D eigenvalue weighted by molar-refractivity contribution is 0.304. The van der Waals surface area contributed by atoms with E-state index in [0.717, 1.165) is 27.0 Å². The summed E-state index contributed by atoms with van der Waals surface area (Å²) < 4.78 is 6.75. The topological polar surface area (TPSA) is 33.6 Å². The van der Waals surface area contributed by atoms with Gasteiger partial charge in [-0.1, -0.05) is 48.5 Å². The fourth-order valence-corrected chi connectivity index (χ4v) is 2.65. The SMILES string of the molecule is Brc1cc(/C=N/Nc2ccccc2)ccc1OCc1ccccc1. The second-order valence-electron chi connectivity index (χ2n) is 5.20. The minimum absolute atomic E-state index is 0.544. The zero-order valence-corrected chi connectivity index (χ0v) is 14.6. The van der Waals surface area contributed by atoms with Gasteiger partial charge in [-0.2, -0.15) is 5.10 Å². The molecule has 0 radical (unpaired) electrons. The van der Waals surface area contributed by atoms with Gasteiger partial charge in [-0.05, 0) is 57.4 Å². The third-order valence-electron chi connectivity index (χ3n) is 3.37. The first kappa shape index (κ1) is 16.3. The molecule has 3 rings (SSSR count). The number of nitrogens with one attached hydrogen (secondary N) is 1. The number of anilines is 1. The van der Waals surface area contributed by atoms with Crippen molar-refractivity contribution >= 4 is 27.8 Å². The highest BCUT2D eigenvalue weighted by atomic mass is 79.9. The predicted octanol–water partition coefficient (Wildman–Crippen LogP) is 5.47. The number of ether oxygens (including phenoxy) is 1. The summed E-state index contributed by atoms with van der Waals surface area (Å²) in [6.07, 6.45) is 1.78. The molecule has 3 aromatic carbocycles. The summed E-state index contributed by atoms with van der Waals surface area (Å²) in [6, 6.07) is 25.8. The van der Waals surface area contributed by atoms with E-state index in [0.29, 0.717) is 6.61 Å². The van der Waals surface area contributed by atoms with E-state index in [-0.39, 0.29) is 0 Å². The molecule has 3 nitrogen and oxygen atoms in total. The molecule has 0 aliphatic rings. The molecule has 3 aromatic rings. The van der Waals surface area contributed by atoms with E-state index >= 15 is 0 Å². The van der Waals surface area contributed by atoms with Gasteiger partial charge in [0.15, 0.2) is 0 Å². The van der Waals surface area contributed by atoms with Crippen LogP contribution >= 0.6 is 15.9 Å². The van der Waals surface area contributed by atoms with Crippen LogP contribution in [-0.2, 0) is 6.61 Å². The zero-order valence-electron chi connectivity index (χ0n) is 13.0. The summed E-state index contributed by atoms with van der Waals surface area (Å²) in [5, 5.41) is 4.24. The van der Waals surface area contributed by atoms with Crippen molar-refractivity contribution in [3.8, 4) is 5.75 Å². The molecule has 0 aliphatic carbocycles. The van der Waals surface area contributed by atoms with Crippen LogP contribution in [0.1, 0.15) is 11.1 Å². The Hall–Kier alpha value is -2.59. The van der Waals surface area contributed by atoms with Crippen molar-refractivity contribution < 1.29 is 4.74 Å². The van der Waals surface area contributed by atoms with E-state index in [4.69, 9.17) is 4.74 Å². The lowest BCUT2D eigenvalue weighted by atomic mass is 10.2. The molecule has 0 unspecified atom stereocenters. The van der Waals surface area contributed by atoms with Gasteiger partial charge in [-0.25, -0.2) is 0 Å². The van der Waals surface area contributed by atoms with E-state index < -0.39 is 0 Å². The van der Waals surface area contributed by atoms with Crippen molar-refractivity contribution in [1.29, 1.82) is 0 Å². The van der Waals surface area contributed by atoms with Crippen molar-refractivity contribution in [2.75, 3.05) is 5.43 Å². The molecule has 0 heterocycles. The average Bonchev–Trinajstić information content (AvgIpc) is 2.63. The molecular formula is C20H17BrN2O. The summed E-state index contributed by atoms with van der Waals surface area (Å²) in [4.78, 5) is 0. The standard InChI is InChI=1S/C20H17BrN2O/c21-19-13-17(14-22-23-18-9-5-2-6-10-18)11-12-20(19)24-15-16-7-3-1-4-8-16/h1-14,23H,15H2/b22-14+. The van der Waals surface area contributed by atoms with Crippen LogP contribution in [0.15, 0.2) is 88.4 Å². The van der Waals surface area contributed by atoms with Gasteiger partial charge in [0.1, 0.15) is 12.4 Å². The Labute approximate surface area is 150 Å². The lowest BCUT2D eigenvalue weighted by Crippen LogP contribution is -1.96. The van der Waals surface area contributed by atoms with Crippen LogP contribution in [0.2, 0.25) is 0 Å². The van der Waals surface area contributed by atoms with Gasteiger partial charge in [0.2, 0.25) is 0 Å². The Bertz CT molecular complexity index is 804. The van der Waals surface area contributed by atoms with E-state index in [1.165, 1.54) is 0 Å². The Morgan fingerprint density at radius 2 is 1.62 bits per heavy atom. The highest BCUT2D eigenvalue weighted by molar-refractivity contribution is 9.10. The van der Waals surface area contributed by atoms with Gasteiger partial charge in [0.25, 0.3) is 0 Å². The average molecular weight is 381 g/mol. The van der Waals surface area contributed by atoms with Gasteiger partial charge in [0, 0.05) is 0 Å². The molecule has 0 amide bonds. The van der Waals surface area contributed by atoms with Gasteiger partial charge in [-0.3, -0.25) is 5.43 Å². The molecule has 0 aliphatic heterocycles.